The summed E-state index contributed by atoms with van der Waals surface area (Å²) in [5.74, 6) is 5.22. The van der Waals surface area contributed by atoms with Crippen LogP contribution < -0.4 is 11.2 Å². The molecule has 0 aromatic heterocycles. The van der Waals surface area contributed by atoms with Crippen LogP contribution in [0, 0.1) is 0 Å². The minimum atomic E-state index is -0.533. The maximum absolute atomic E-state index is 11.8. The van der Waals surface area contributed by atoms with E-state index in [1.54, 1.807) is 0 Å². The molecule has 0 fully saturated rings. The number of ether oxygens (including phenoxy) is 1. The van der Waals surface area contributed by atoms with E-state index in [-0.39, 0.29) is 5.92 Å². The van der Waals surface area contributed by atoms with Gasteiger partial charge in [-0.25, -0.2) is 10.7 Å². The third-order valence-corrected chi connectivity index (χ3v) is 3.23. The average Bonchev–Trinajstić information content (AvgIpc) is 2.29. The van der Waals surface area contributed by atoms with Crippen LogP contribution >= 0.6 is 15.9 Å². The van der Waals surface area contributed by atoms with Gasteiger partial charge in [-0.05, 0) is 54.4 Å². The van der Waals surface area contributed by atoms with E-state index in [9.17, 15) is 4.79 Å². The van der Waals surface area contributed by atoms with Crippen molar-refractivity contribution in [3.05, 3.63) is 28.2 Å². The zero-order valence-corrected chi connectivity index (χ0v) is 13.8. The molecule has 112 valence electrons. The Labute approximate surface area is 127 Å². The van der Waals surface area contributed by atoms with Crippen LogP contribution in [0.15, 0.2) is 22.7 Å². The smallest absolute Gasteiger partial charge is 0.412 e. The summed E-state index contributed by atoms with van der Waals surface area (Å²) < 4.78 is 6.01. The van der Waals surface area contributed by atoms with Crippen molar-refractivity contribution in [3.8, 4) is 0 Å². The van der Waals surface area contributed by atoms with Gasteiger partial charge in [-0.2, -0.15) is 0 Å². The minimum absolute atomic E-state index is 0.132. The van der Waals surface area contributed by atoms with E-state index in [4.69, 9.17) is 10.6 Å². The molecule has 0 bridgehead atoms. The predicted molar refractivity (Wildman–Crippen MR) is 82.6 cm³/mol. The molecule has 5 nitrogen and oxygen atoms in total. The number of carbonyl (C=O) groups excluding carboxylic acids is 1. The summed E-state index contributed by atoms with van der Waals surface area (Å²) in [5.41, 5.74) is 1.14. The molecule has 0 aliphatic carbocycles. The molecule has 0 heterocycles. The summed E-state index contributed by atoms with van der Waals surface area (Å²) in [6.45, 7) is 7.86. The molecule has 0 radical (unpaired) electrons. The van der Waals surface area contributed by atoms with Gasteiger partial charge in [0.2, 0.25) is 0 Å². The van der Waals surface area contributed by atoms with Crippen LogP contribution in [-0.4, -0.2) is 18.3 Å². The first-order chi connectivity index (χ1) is 9.23. The minimum Gasteiger partial charge on any atom is -0.444 e. The lowest BCUT2D eigenvalue weighted by molar-refractivity contribution is 0.0636. The highest BCUT2D eigenvalue weighted by Gasteiger charge is 2.17. The molecule has 1 aromatic rings. The molecule has 0 saturated carbocycles. The number of benzene rings is 1. The van der Waals surface area contributed by atoms with Crippen molar-refractivity contribution in [2.75, 3.05) is 11.9 Å². The number of hydrogen-bond donors (Lipinski definition) is 2. The summed E-state index contributed by atoms with van der Waals surface area (Å²) >= 11 is 3.40. The monoisotopic (exact) mass is 344 g/mol. The first-order valence-electron chi connectivity index (χ1n) is 6.34. The normalized spacial score (nSPS) is 12.9. The van der Waals surface area contributed by atoms with Crippen molar-refractivity contribution in [2.45, 2.75) is 39.2 Å². The summed E-state index contributed by atoms with van der Waals surface area (Å²) in [4.78, 5) is 16.4. The quantitative estimate of drug-likeness (QED) is 0.815. The van der Waals surface area contributed by atoms with Gasteiger partial charge in [-0.15, -0.1) is 0 Å². The van der Waals surface area contributed by atoms with Gasteiger partial charge < -0.3 is 9.57 Å². The van der Waals surface area contributed by atoms with Gasteiger partial charge in [0.15, 0.2) is 0 Å². The molecule has 6 heteroatoms. The van der Waals surface area contributed by atoms with Crippen LogP contribution in [0.3, 0.4) is 0 Å². The van der Waals surface area contributed by atoms with Crippen LogP contribution in [0.25, 0.3) is 0 Å². The largest absolute Gasteiger partial charge is 0.444 e. The first kappa shape index (κ1) is 16.9. The Bertz CT molecular complexity index is 472. The average molecular weight is 345 g/mol. The molecule has 0 saturated heterocycles. The molecule has 1 aromatic carbocycles. The van der Waals surface area contributed by atoms with Crippen molar-refractivity contribution in [2.24, 2.45) is 5.90 Å². The van der Waals surface area contributed by atoms with Crippen molar-refractivity contribution < 1.29 is 14.4 Å². The predicted octanol–water partition coefficient (Wildman–Crippen LogP) is 3.79. The van der Waals surface area contributed by atoms with Gasteiger partial charge in [-0.1, -0.05) is 13.0 Å². The number of rotatable bonds is 4. The Morgan fingerprint density at radius 1 is 1.45 bits per heavy atom. The third-order valence-electron chi connectivity index (χ3n) is 2.54. The molecule has 1 atom stereocenters. The Hall–Kier alpha value is -1.11. The van der Waals surface area contributed by atoms with E-state index in [0.29, 0.717) is 12.3 Å². The molecule has 0 aliphatic heterocycles. The van der Waals surface area contributed by atoms with E-state index < -0.39 is 11.7 Å². The lowest BCUT2D eigenvalue weighted by Gasteiger charge is -2.20. The SMILES string of the molecule is CC(CON)c1ccc(Br)c(NC(=O)OC(C)(C)C)c1. The molecule has 0 spiro atoms. The molecule has 1 rings (SSSR count). The second kappa shape index (κ2) is 7.06. The Morgan fingerprint density at radius 3 is 2.65 bits per heavy atom. The third kappa shape index (κ3) is 5.48. The number of hydrogen-bond acceptors (Lipinski definition) is 4. The second-order valence-electron chi connectivity index (χ2n) is 5.60. The van der Waals surface area contributed by atoms with E-state index >= 15 is 0 Å². The number of nitrogens with one attached hydrogen (secondary N) is 1. The maximum atomic E-state index is 11.8. The van der Waals surface area contributed by atoms with Crippen LogP contribution in [0.1, 0.15) is 39.2 Å². The Balaban J connectivity index is 2.84. The van der Waals surface area contributed by atoms with Gasteiger partial charge in [0, 0.05) is 10.4 Å². The Kier molecular flexibility index (Phi) is 5.98. The van der Waals surface area contributed by atoms with E-state index in [1.165, 1.54) is 0 Å². The summed E-state index contributed by atoms with van der Waals surface area (Å²) in [7, 11) is 0. The van der Waals surface area contributed by atoms with Gasteiger partial charge in [0.25, 0.3) is 0 Å². The summed E-state index contributed by atoms with van der Waals surface area (Å²) in [6.07, 6.45) is -0.488. The topological polar surface area (TPSA) is 73.6 Å². The molecular weight excluding hydrogens is 324 g/mol. The van der Waals surface area contributed by atoms with Crippen molar-refractivity contribution in [1.29, 1.82) is 0 Å². The van der Waals surface area contributed by atoms with Crippen molar-refractivity contribution in [1.82, 2.24) is 0 Å². The highest BCUT2D eigenvalue weighted by atomic mass is 79.9. The van der Waals surface area contributed by atoms with Crippen molar-refractivity contribution >= 4 is 27.7 Å². The number of nitrogens with two attached hydrogens (primary N) is 1. The van der Waals surface area contributed by atoms with Gasteiger partial charge in [0.05, 0.1) is 12.3 Å². The summed E-state index contributed by atoms with van der Waals surface area (Å²) in [5, 5.41) is 2.72. The fourth-order valence-electron chi connectivity index (χ4n) is 1.60. The lowest BCUT2D eigenvalue weighted by atomic mass is 10.0. The van der Waals surface area contributed by atoms with E-state index in [0.717, 1.165) is 10.0 Å². The fraction of sp³-hybridized carbons (Fsp3) is 0.500. The zero-order valence-electron chi connectivity index (χ0n) is 12.2. The van der Waals surface area contributed by atoms with Crippen molar-refractivity contribution in [3.63, 3.8) is 0 Å². The number of halogens is 1. The zero-order chi connectivity index (χ0) is 15.3. The molecule has 1 unspecified atom stereocenters. The van der Waals surface area contributed by atoms with Gasteiger partial charge in [0.1, 0.15) is 5.60 Å². The number of amides is 1. The van der Waals surface area contributed by atoms with Gasteiger partial charge in [-0.3, -0.25) is 5.32 Å². The molecule has 3 N–H and O–H groups in total. The Morgan fingerprint density at radius 2 is 2.10 bits per heavy atom. The standard InChI is InChI=1S/C14H21BrN2O3/c1-9(8-19-16)10-5-6-11(15)12(7-10)17-13(18)20-14(2,3)4/h5-7,9H,8,16H2,1-4H3,(H,17,18). The van der Waals surface area contributed by atoms with Crippen LogP contribution in [0.2, 0.25) is 0 Å². The number of carbonyl (C=O) groups is 1. The molecule has 1 amide bonds. The fourth-order valence-corrected chi connectivity index (χ4v) is 1.95. The number of anilines is 1. The van der Waals surface area contributed by atoms with Crippen LogP contribution in [0.4, 0.5) is 10.5 Å². The first-order valence-corrected chi connectivity index (χ1v) is 7.13. The maximum Gasteiger partial charge on any atom is 0.412 e. The molecule has 0 aliphatic rings. The highest BCUT2D eigenvalue weighted by molar-refractivity contribution is 9.10. The molecular formula is C14H21BrN2O3. The van der Waals surface area contributed by atoms with E-state index in [1.807, 2.05) is 45.9 Å². The van der Waals surface area contributed by atoms with E-state index in [2.05, 4.69) is 26.1 Å². The molecule has 20 heavy (non-hydrogen) atoms. The lowest BCUT2D eigenvalue weighted by Crippen LogP contribution is -2.27. The summed E-state index contributed by atoms with van der Waals surface area (Å²) in [6, 6.07) is 5.70. The van der Waals surface area contributed by atoms with Crippen LogP contribution in [-0.2, 0) is 9.57 Å². The highest BCUT2D eigenvalue weighted by Crippen LogP contribution is 2.27. The van der Waals surface area contributed by atoms with Gasteiger partial charge >= 0.3 is 6.09 Å². The van der Waals surface area contributed by atoms with Crippen LogP contribution in [0.5, 0.6) is 0 Å². The second-order valence-corrected chi connectivity index (χ2v) is 6.45.